The van der Waals surface area contributed by atoms with Gasteiger partial charge in [-0.1, -0.05) is 105 Å². The second kappa shape index (κ2) is 35.1. The molecule has 0 unspecified atom stereocenters. The second-order valence-corrected chi connectivity index (χ2v) is 20.3. The van der Waals surface area contributed by atoms with Crippen LogP contribution in [-0.2, 0) is 71.3 Å². The molecular formula is C52H90O25. The fourth-order valence-corrected chi connectivity index (χ4v) is 9.35. The molecule has 0 saturated carbocycles. The summed E-state index contributed by atoms with van der Waals surface area (Å²) in [6, 6.07) is 0. The van der Waals surface area contributed by atoms with Crippen LogP contribution >= 0.6 is 0 Å². The van der Waals surface area contributed by atoms with Crippen LogP contribution in [0.4, 0.5) is 0 Å². The van der Waals surface area contributed by atoms with Crippen molar-refractivity contribution in [2.75, 3.05) is 26.4 Å². The predicted molar refractivity (Wildman–Crippen MR) is 264 cm³/mol. The first-order valence-electron chi connectivity index (χ1n) is 27.9. The smallest absolute Gasteiger partial charge is 0.306 e. The van der Waals surface area contributed by atoms with Crippen molar-refractivity contribution in [2.45, 2.75) is 279 Å². The number of aliphatic hydroxyl groups excluding tert-OH is 10. The van der Waals surface area contributed by atoms with Gasteiger partial charge in [0.1, 0.15) is 86.0 Å². The molecule has 25 nitrogen and oxygen atoms in total. The summed E-state index contributed by atoms with van der Waals surface area (Å²) in [4.78, 5) is 52.8. The Bertz CT molecular complexity index is 1690. The lowest BCUT2D eigenvalue weighted by Gasteiger charge is -2.49. The highest BCUT2D eigenvalue weighted by atomic mass is 16.8. The van der Waals surface area contributed by atoms with Gasteiger partial charge in [-0.15, -0.1) is 0 Å². The minimum absolute atomic E-state index is 0.0380. The molecule has 0 aromatic rings. The Balaban J connectivity index is 1.71. The summed E-state index contributed by atoms with van der Waals surface area (Å²) in [5.74, 6) is -2.99. The fourth-order valence-electron chi connectivity index (χ4n) is 9.35. The van der Waals surface area contributed by atoms with E-state index >= 15 is 0 Å². The molecule has 0 amide bonds. The zero-order valence-corrected chi connectivity index (χ0v) is 45.1. The van der Waals surface area contributed by atoms with Crippen molar-refractivity contribution in [3.8, 4) is 0 Å². The molecule has 4 aliphatic rings. The topological polar surface area (TPSA) is 372 Å². The minimum atomic E-state index is -2.17. The molecule has 4 heterocycles. The normalized spacial score (nSPS) is 35.5. The Hall–Kier alpha value is -2.80. The van der Waals surface area contributed by atoms with Gasteiger partial charge in [-0.25, -0.2) is 0 Å². The molecular weight excluding hydrogens is 1020 g/mol. The van der Waals surface area contributed by atoms with Gasteiger partial charge in [-0.2, -0.15) is 0 Å². The first-order chi connectivity index (χ1) is 36.9. The molecule has 448 valence electrons. The predicted octanol–water partition coefficient (Wildman–Crippen LogP) is 0.336. The van der Waals surface area contributed by atoms with Gasteiger partial charge in [-0.05, 0) is 25.7 Å². The van der Waals surface area contributed by atoms with Crippen molar-refractivity contribution in [3.63, 3.8) is 0 Å². The molecule has 0 aromatic carbocycles. The molecule has 20 atom stereocenters. The van der Waals surface area contributed by atoms with E-state index in [2.05, 4.69) is 6.92 Å². The first kappa shape index (κ1) is 66.7. The van der Waals surface area contributed by atoms with Crippen molar-refractivity contribution in [1.82, 2.24) is 0 Å². The van der Waals surface area contributed by atoms with Gasteiger partial charge in [0.15, 0.2) is 43.5 Å². The van der Waals surface area contributed by atoms with Gasteiger partial charge in [0, 0.05) is 25.7 Å². The van der Waals surface area contributed by atoms with Crippen LogP contribution in [0.5, 0.6) is 0 Å². The molecule has 0 radical (unpaired) electrons. The van der Waals surface area contributed by atoms with E-state index < -0.39 is 173 Å². The Morgan fingerprint density at radius 3 is 1.31 bits per heavy atom. The van der Waals surface area contributed by atoms with E-state index in [9.17, 15) is 70.2 Å². The highest BCUT2D eigenvalue weighted by molar-refractivity contribution is 5.71. The molecule has 4 saturated heterocycles. The van der Waals surface area contributed by atoms with E-state index in [-0.39, 0.29) is 25.7 Å². The third-order valence-corrected chi connectivity index (χ3v) is 14.1. The second-order valence-electron chi connectivity index (χ2n) is 20.3. The van der Waals surface area contributed by atoms with Gasteiger partial charge < -0.3 is 103 Å². The van der Waals surface area contributed by atoms with Crippen molar-refractivity contribution in [1.29, 1.82) is 0 Å². The van der Waals surface area contributed by atoms with Gasteiger partial charge in [0.25, 0.3) is 0 Å². The summed E-state index contributed by atoms with van der Waals surface area (Å²) in [5.41, 5.74) is 0. The van der Waals surface area contributed by atoms with E-state index in [0.29, 0.717) is 44.9 Å². The standard InChI is InChI=1S/C52H90O25/c1-5-9-13-15-19-21-33(55)67-28-32-45(73-34(56)22-17-11-7-3)42(64)44(66)50(72-32)77-51-47(41(63)38(60)31(71-51)27-68-49-43(65)40(62)37(59)29(25-53)69-49)76-52-48(75-36(58)23-18-12-8-4)46(39(61)30(26-54)70-52)74-35(57)24-20-16-14-10-6-2/h29-32,37-54,59-66H,5-28H2,1-4H3/t29-,30-,31-,32-,37+,38-,39-,40+,41+,42-,43-,44-,45-,46+,47-,48-,49-,50-,51-,52+/m1/s1. The highest BCUT2D eigenvalue weighted by Crippen LogP contribution is 2.36. The van der Waals surface area contributed by atoms with Crippen LogP contribution in [-0.4, -0.2) is 224 Å². The van der Waals surface area contributed by atoms with Crippen molar-refractivity contribution in [2.24, 2.45) is 0 Å². The van der Waals surface area contributed by atoms with E-state index in [4.69, 9.17) is 52.1 Å². The average molecular weight is 1120 g/mol. The van der Waals surface area contributed by atoms with E-state index in [0.717, 1.165) is 57.8 Å². The summed E-state index contributed by atoms with van der Waals surface area (Å²) >= 11 is 0. The number of carbonyl (C=O) groups is 4. The third kappa shape index (κ3) is 20.3. The van der Waals surface area contributed by atoms with Crippen LogP contribution in [0, 0.1) is 0 Å². The van der Waals surface area contributed by atoms with E-state index in [1.165, 1.54) is 0 Å². The van der Waals surface area contributed by atoms with Gasteiger partial charge in [0.05, 0.1) is 19.8 Å². The first-order valence-corrected chi connectivity index (χ1v) is 27.9. The molecule has 0 bridgehead atoms. The van der Waals surface area contributed by atoms with Crippen LogP contribution in [0.3, 0.4) is 0 Å². The zero-order chi connectivity index (χ0) is 56.6. The number of rotatable bonds is 34. The monoisotopic (exact) mass is 1110 g/mol. The molecule has 77 heavy (non-hydrogen) atoms. The number of hydrogen-bond acceptors (Lipinski definition) is 25. The number of ether oxygens (including phenoxy) is 11. The summed E-state index contributed by atoms with van der Waals surface area (Å²) in [5, 5.41) is 110. The van der Waals surface area contributed by atoms with Crippen molar-refractivity contribution in [3.05, 3.63) is 0 Å². The molecule has 0 aromatic heterocycles. The molecule has 10 N–H and O–H groups in total. The van der Waals surface area contributed by atoms with Crippen LogP contribution < -0.4 is 0 Å². The summed E-state index contributed by atoms with van der Waals surface area (Å²) < 4.78 is 64.5. The third-order valence-electron chi connectivity index (χ3n) is 14.1. The maximum atomic E-state index is 13.5. The van der Waals surface area contributed by atoms with Gasteiger partial charge in [-0.3, -0.25) is 19.2 Å². The molecule has 4 fully saturated rings. The Labute approximate surface area is 450 Å². The largest absolute Gasteiger partial charge is 0.463 e. The Morgan fingerprint density at radius 2 is 0.753 bits per heavy atom. The maximum absolute atomic E-state index is 13.5. The maximum Gasteiger partial charge on any atom is 0.306 e. The molecule has 4 aliphatic heterocycles. The Morgan fingerprint density at radius 1 is 0.351 bits per heavy atom. The lowest BCUT2D eigenvalue weighted by atomic mass is 9.96. The zero-order valence-electron chi connectivity index (χ0n) is 45.1. The fraction of sp³-hybridized carbons (Fsp3) is 0.923. The van der Waals surface area contributed by atoms with Gasteiger partial charge in [0.2, 0.25) is 0 Å². The average Bonchev–Trinajstić information content (AvgIpc) is 3.41. The van der Waals surface area contributed by atoms with Gasteiger partial charge >= 0.3 is 23.9 Å². The van der Waals surface area contributed by atoms with Crippen molar-refractivity contribution < 1.29 is 122 Å². The van der Waals surface area contributed by atoms with Crippen molar-refractivity contribution >= 4 is 23.9 Å². The number of unbranched alkanes of at least 4 members (excludes halogenated alkanes) is 12. The lowest BCUT2D eigenvalue weighted by Crippen LogP contribution is -2.67. The van der Waals surface area contributed by atoms with Crippen LogP contribution in [0.2, 0.25) is 0 Å². The summed E-state index contributed by atoms with van der Waals surface area (Å²) in [6.45, 7) is 4.81. The Kier molecular flexibility index (Phi) is 30.4. The van der Waals surface area contributed by atoms with E-state index in [1.54, 1.807) is 0 Å². The molecule has 0 spiro atoms. The summed E-state index contributed by atoms with van der Waals surface area (Å²) in [6.07, 6.45) is -25.4. The van der Waals surface area contributed by atoms with Crippen LogP contribution in [0.1, 0.15) is 156 Å². The number of hydrogen-bond donors (Lipinski definition) is 10. The van der Waals surface area contributed by atoms with Crippen LogP contribution in [0.25, 0.3) is 0 Å². The van der Waals surface area contributed by atoms with Crippen LogP contribution in [0.15, 0.2) is 0 Å². The molecule has 4 rings (SSSR count). The molecule has 25 heteroatoms. The number of aliphatic hydroxyl groups is 10. The number of carbonyl (C=O) groups excluding carboxylic acids is 4. The van der Waals surface area contributed by atoms with E-state index in [1.807, 2.05) is 20.8 Å². The summed E-state index contributed by atoms with van der Waals surface area (Å²) in [7, 11) is 0. The highest BCUT2D eigenvalue weighted by Gasteiger charge is 2.57. The minimum Gasteiger partial charge on any atom is -0.463 e. The number of esters is 4. The SMILES string of the molecule is CCCCCCCC(=O)OC[C@H]1O[C@H](O[C@H]2O[C@H](CO[C@@H]3O[C@H](CO)[C@H](O)[C@H](O)[C@H]3O)[C@@H](O)[C@H](O)[C@H]2O[C@@H]2O[C@H](CO)[C@@H](O)[C@H](OC(=O)CCCCCCC)[C@H]2OC(=O)CCCCC)[C@H](O)[C@@H](O)[C@@H]1OC(=O)CCCCC. The molecule has 0 aliphatic carbocycles. The lowest BCUT2D eigenvalue weighted by molar-refractivity contribution is -0.404. The quantitative estimate of drug-likeness (QED) is 0.0236.